The summed E-state index contributed by atoms with van der Waals surface area (Å²) in [5, 5.41) is 11.8. The molecule has 0 saturated carbocycles. The fourth-order valence-electron chi connectivity index (χ4n) is 2.00. The Balaban J connectivity index is 2.06. The van der Waals surface area contributed by atoms with Crippen LogP contribution in [0.1, 0.15) is 18.4 Å². The van der Waals surface area contributed by atoms with E-state index in [1.807, 2.05) is 6.07 Å². The lowest BCUT2D eigenvalue weighted by molar-refractivity contribution is -0.126. The predicted octanol–water partition coefficient (Wildman–Crippen LogP) is 1.77. The Kier molecular flexibility index (Phi) is 4.53. The summed E-state index contributed by atoms with van der Waals surface area (Å²) in [6.45, 7) is 0.422. The number of hydrogen-bond acceptors (Lipinski definition) is 4. The smallest absolute Gasteiger partial charge is 0.253 e. The molecular weight excluding hydrogens is 310 g/mol. The third-order valence-corrected chi connectivity index (χ3v) is 3.52. The first kappa shape index (κ1) is 14.0. The van der Waals surface area contributed by atoms with E-state index in [1.165, 1.54) is 0 Å². The molecule has 1 aromatic rings. The largest absolute Gasteiger partial charge is 0.364 e. The van der Waals surface area contributed by atoms with E-state index in [0.717, 1.165) is 10.9 Å². The lowest BCUT2D eigenvalue weighted by Gasteiger charge is -2.13. The van der Waals surface area contributed by atoms with E-state index in [0.29, 0.717) is 24.2 Å². The van der Waals surface area contributed by atoms with Crippen molar-refractivity contribution in [3.05, 3.63) is 28.2 Å². The van der Waals surface area contributed by atoms with Crippen LogP contribution in [-0.2, 0) is 9.53 Å². The maximum absolute atomic E-state index is 12.0. The average molecular weight is 324 g/mol. The van der Waals surface area contributed by atoms with Gasteiger partial charge in [-0.2, -0.15) is 5.26 Å². The number of hydrogen-bond donors (Lipinski definition) is 2. The molecule has 19 heavy (non-hydrogen) atoms. The van der Waals surface area contributed by atoms with Crippen molar-refractivity contribution >= 4 is 27.5 Å². The van der Waals surface area contributed by atoms with E-state index in [9.17, 15) is 4.79 Å². The van der Waals surface area contributed by atoms with Crippen molar-refractivity contribution in [3.63, 3.8) is 0 Å². The van der Waals surface area contributed by atoms with Gasteiger partial charge in [-0.25, -0.2) is 0 Å². The van der Waals surface area contributed by atoms with Crippen molar-refractivity contribution in [1.82, 2.24) is 0 Å². The summed E-state index contributed by atoms with van der Waals surface area (Å²) in [4.78, 5) is 12.0. The minimum absolute atomic E-state index is 0.0453. The second-order valence-electron chi connectivity index (χ2n) is 4.35. The molecule has 1 aromatic carbocycles. The molecule has 1 aliphatic rings. The van der Waals surface area contributed by atoms with Gasteiger partial charge < -0.3 is 15.8 Å². The van der Waals surface area contributed by atoms with Gasteiger partial charge in [0.1, 0.15) is 12.2 Å². The Morgan fingerprint density at radius 3 is 3.00 bits per heavy atom. The third-order valence-electron chi connectivity index (χ3n) is 3.02. The molecule has 3 N–H and O–H groups in total. The Labute approximate surface area is 119 Å². The number of ether oxygens (including phenoxy) is 1. The Hall–Kier alpha value is -1.42. The summed E-state index contributed by atoms with van der Waals surface area (Å²) >= 11 is 3.28. The molecule has 1 amide bonds. The van der Waals surface area contributed by atoms with Crippen LogP contribution in [0, 0.1) is 11.3 Å². The molecular formula is C13H14BrN3O2. The zero-order valence-electron chi connectivity index (χ0n) is 10.2. The Morgan fingerprint density at radius 1 is 1.58 bits per heavy atom. The summed E-state index contributed by atoms with van der Waals surface area (Å²) in [6.07, 6.45) is 0.923. The number of nitriles is 1. The number of carbonyl (C=O) groups is 1. The van der Waals surface area contributed by atoms with Crippen LogP contribution in [0.15, 0.2) is 22.7 Å². The molecule has 0 spiro atoms. The molecule has 1 saturated heterocycles. The van der Waals surface area contributed by atoms with Crippen molar-refractivity contribution in [2.45, 2.75) is 25.0 Å². The molecule has 1 aliphatic heterocycles. The fraction of sp³-hybridized carbons (Fsp3) is 0.385. The van der Waals surface area contributed by atoms with Crippen molar-refractivity contribution in [3.8, 4) is 6.07 Å². The quantitative estimate of drug-likeness (QED) is 0.887. The van der Waals surface area contributed by atoms with Gasteiger partial charge in [-0.05, 0) is 31.0 Å². The molecule has 6 heteroatoms. The number of nitrogens with one attached hydrogen (secondary N) is 1. The number of benzene rings is 1. The van der Waals surface area contributed by atoms with Gasteiger partial charge in [-0.1, -0.05) is 15.9 Å². The minimum atomic E-state index is -0.483. The van der Waals surface area contributed by atoms with E-state index < -0.39 is 6.10 Å². The standard InChI is InChI=1S/C13H14BrN3O2/c14-9-1-3-11(8(5-9)6-15)17-13(18)12-4-2-10(7-16)19-12/h1,3,5,10,12H,2,4,7,16H2,(H,17,18). The Morgan fingerprint density at radius 2 is 2.37 bits per heavy atom. The maximum atomic E-state index is 12.0. The van der Waals surface area contributed by atoms with Crippen LogP contribution in [0.25, 0.3) is 0 Å². The Bertz CT molecular complexity index is 527. The molecule has 0 radical (unpaired) electrons. The van der Waals surface area contributed by atoms with Crippen LogP contribution in [0.5, 0.6) is 0 Å². The van der Waals surface area contributed by atoms with Gasteiger partial charge in [-0.15, -0.1) is 0 Å². The molecule has 2 atom stereocenters. The highest BCUT2D eigenvalue weighted by Crippen LogP contribution is 2.23. The van der Waals surface area contributed by atoms with E-state index >= 15 is 0 Å². The van der Waals surface area contributed by atoms with Gasteiger partial charge >= 0.3 is 0 Å². The van der Waals surface area contributed by atoms with Crippen LogP contribution in [0.4, 0.5) is 5.69 Å². The van der Waals surface area contributed by atoms with E-state index in [1.54, 1.807) is 18.2 Å². The summed E-state index contributed by atoms with van der Waals surface area (Å²) in [7, 11) is 0. The van der Waals surface area contributed by atoms with Crippen LogP contribution >= 0.6 is 15.9 Å². The lowest BCUT2D eigenvalue weighted by atomic mass is 10.1. The normalized spacial score (nSPS) is 21.9. The van der Waals surface area contributed by atoms with Gasteiger partial charge in [0.25, 0.3) is 5.91 Å². The number of amides is 1. The van der Waals surface area contributed by atoms with Crippen LogP contribution in [-0.4, -0.2) is 24.7 Å². The number of carbonyl (C=O) groups excluding carboxylic acids is 1. The molecule has 1 heterocycles. The first-order chi connectivity index (χ1) is 9.13. The third kappa shape index (κ3) is 3.32. The van der Waals surface area contributed by atoms with E-state index in [-0.39, 0.29) is 12.0 Å². The highest BCUT2D eigenvalue weighted by molar-refractivity contribution is 9.10. The van der Waals surface area contributed by atoms with Gasteiger partial charge in [0.05, 0.1) is 17.4 Å². The van der Waals surface area contributed by atoms with Crippen LogP contribution in [0.2, 0.25) is 0 Å². The summed E-state index contributed by atoms with van der Waals surface area (Å²) < 4.78 is 6.31. The molecule has 0 aromatic heterocycles. The number of nitrogens with zero attached hydrogens (tertiary/aromatic N) is 1. The molecule has 0 aliphatic carbocycles. The van der Waals surface area contributed by atoms with Gasteiger partial charge in [0, 0.05) is 11.0 Å². The zero-order valence-corrected chi connectivity index (χ0v) is 11.8. The number of nitrogens with two attached hydrogens (primary N) is 1. The first-order valence-electron chi connectivity index (χ1n) is 6.00. The summed E-state index contributed by atoms with van der Waals surface area (Å²) in [5.41, 5.74) is 6.41. The fourth-order valence-corrected chi connectivity index (χ4v) is 2.36. The number of rotatable bonds is 3. The second kappa shape index (κ2) is 6.15. The van der Waals surface area contributed by atoms with Crippen LogP contribution < -0.4 is 11.1 Å². The molecule has 1 fully saturated rings. The van der Waals surface area contributed by atoms with Gasteiger partial charge in [0.15, 0.2) is 0 Å². The molecule has 5 nitrogen and oxygen atoms in total. The van der Waals surface area contributed by atoms with Crippen molar-refractivity contribution in [2.75, 3.05) is 11.9 Å². The highest BCUT2D eigenvalue weighted by atomic mass is 79.9. The molecule has 0 bridgehead atoms. The lowest BCUT2D eigenvalue weighted by Crippen LogP contribution is -2.30. The monoisotopic (exact) mass is 323 g/mol. The van der Waals surface area contributed by atoms with E-state index in [4.69, 9.17) is 15.7 Å². The maximum Gasteiger partial charge on any atom is 0.253 e. The molecule has 100 valence electrons. The van der Waals surface area contributed by atoms with Crippen molar-refractivity contribution < 1.29 is 9.53 Å². The topological polar surface area (TPSA) is 88.1 Å². The summed E-state index contributed by atoms with van der Waals surface area (Å²) in [5.74, 6) is -0.227. The number of halogens is 1. The molecule has 2 unspecified atom stereocenters. The zero-order chi connectivity index (χ0) is 13.8. The number of anilines is 1. The van der Waals surface area contributed by atoms with Crippen molar-refractivity contribution in [2.24, 2.45) is 5.73 Å². The highest BCUT2D eigenvalue weighted by Gasteiger charge is 2.30. The average Bonchev–Trinajstić information content (AvgIpc) is 2.89. The van der Waals surface area contributed by atoms with Crippen molar-refractivity contribution in [1.29, 1.82) is 5.26 Å². The van der Waals surface area contributed by atoms with E-state index in [2.05, 4.69) is 21.2 Å². The van der Waals surface area contributed by atoms with Gasteiger partial charge in [-0.3, -0.25) is 4.79 Å². The SMILES string of the molecule is N#Cc1cc(Br)ccc1NC(=O)C1CCC(CN)O1. The van der Waals surface area contributed by atoms with Crippen LogP contribution in [0.3, 0.4) is 0 Å². The minimum Gasteiger partial charge on any atom is -0.364 e. The first-order valence-corrected chi connectivity index (χ1v) is 6.79. The summed E-state index contributed by atoms with van der Waals surface area (Å²) in [6, 6.07) is 7.17. The molecule has 2 rings (SSSR count). The predicted molar refractivity (Wildman–Crippen MR) is 74.4 cm³/mol. The van der Waals surface area contributed by atoms with Gasteiger partial charge in [0.2, 0.25) is 0 Å². The second-order valence-corrected chi connectivity index (χ2v) is 5.27.